The maximum atomic E-state index is 12.6. The standard InChI is InChI=1S/C25H31N5O/c1-20(21-9-5-3-6-10-21)27-23(31)19-29-15-17-30(18-16-29)24(22-11-7-4-8-12-22)25-26-13-14-28(25)2/h3-14,20,24H,15-19H2,1-2H3,(H,27,31)/t20-,24-/m0/s1. The first kappa shape index (κ1) is 21.3. The number of rotatable bonds is 7. The molecule has 1 saturated heterocycles. The number of piperazine rings is 1. The Balaban J connectivity index is 1.36. The molecule has 0 unspecified atom stereocenters. The van der Waals surface area contributed by atoms with Gasteiger partial charge in [-0.1, -0.05) is 60.7 Å². The van der Waals surface area contributed by atoms with Crippen LogP contribution < -0.4 is 5.32 Å². The second-order valence-corrected chi connectivity index (χ2v) is 8.22. The van der Waals surface area contributed by atoms with Crippen molar-refractivity contribution in [3.63, 3.8) is 0 Å². The number of amides is 1. The summed E-state index contributed by atoms with van der Waals surface area (Å²) in [7, 11) is 2.05. The second-order valence-electron chi connectivity index (χ2n) is 8.22. The van der Waals surface area contributed by atoms with Crippen molar-refractivity contribution < 1.29 is 4.79 Å². The van der Waals surface area contributed by atoms with Crippen LogP contribution in [0, 0.1) is 0 Å². The minimum atomic E-state index is 0.0147. The lowest BCUT2D eigenvalue weighted by Crippen LogP contribution is -2.50. The van der Waals surface area contributed by atoms with E-state index in [1.807, 2.05) is 62.8 Å². The van der Waals surface area contributed by atoms with Crippen molar-refractivity contribution in [2.75, 3.05) is 32.7 Å². The Labute approximate surface area is 184 Å². The summed E-state index contributed by atoms with van der Waals surface area (Å²) in [5.41, 5.74) is 2.38. The predicted octanol–water partition coefficient (Wildman–Crippen LogP) is 3.00. The minimum absolute atomic E-state index is 0.0147. The van der Waals surface area contributed by atoms with Gasteiger partial charge < -0.3 is 9.88 Å². The van der Waals surface area contributed by atoms with Crippen molar-refractivity contribution in [1.82, 2.24) is 24.7 Å². The van der Waals surface area contributed by atoms with Gasteiger partial charge in [0.05, 0.1) is 18.6 Å². The van der Waals surface area contributed by atoms with Crippen LogP contribution in [0.3, 0.4) is 0 Å². The zero-order valence-electron chi connectivity index (χ0n) is 18.3. The highest BCUT2D eigenvalue weighted by molar-refractivity contribution is 5.78. The number of carbonyl (C=O) groups is 1. The van der Waals surface area contributed by atoms with Crippen molar-refractivity contribution in [2.45, 2.75) is 19.0 Å². The van der Waals surface area contributed by atoms with Crippen LogP contribution >= 0.6 is 0 Å². The summed E-state index contributed by atoms with van der Waals surface area (Å²) in [4.78, 5) is 21.9. The number of aryl methyl sites for hydroxylation is 1. The van der Waals surface area contributed by atoms with E-state index in [0.29, 0.717) is 6.54 Å². The highest BCUT2D eigenvalue weighted by atomic mass is 16.2. The van der Waals surface area contributed by atoms with Gasteiger partial charge in [-0.15, -0.1) is 0 Å². The van der Waals surface area contributed by atoms with Crippen LogP contribution in [0.2, 0.25) is 0 Å². The normalized spacial score (nSPS) is 17.2. The molecule has 0 spiro atoms. The van der Waals surface area contributed by atoms with Crippen molar-refractivity contribution in [3.8, 4) is 0 Å². The van der Waals surface area contributed by atoms with Gasteiger partial charge in [-0.3, -0.25) is 14.6 Å². The Hall–Kier alpha value is -2.96. The van der Waals surface area contributed by atoms with Crippen LogP contribution in [0.25, 0.3) is 0 Å². The molecule has 2 aromatic carbocycles. The van der Waals surface area contributed by atoms with Gasteiger partial charge in [0.25, 0.3) is 0 Å². The molecule has 1 N–H and O–H groups in total. The first-order valence-electron chi connectivity index (χ1n) is 10.9. The van der Waals surface area contributed by atoms with Gasteiger partial charge in [0.1, 0.15) is 5.82 Å². The molecule has 31 heavy (non-hydrogen) atoms. The van der Waals surface area contributed by atoms with Crippen molar-refractivity contribution in [2.24, 2.45) is 7.05 Å². The fraction of sp³-hybridized carbons (Fsp3) is 0.360. The maximum Gasteiger partial charge on any atom is 0.234 e. The Bertz CT molecular complexity index is 964. The van der Waals surface area contributed by atoms with Gasteiger partial charge in [0.15, 0.2) is 0 Å². The molecular weight excluding hydrogens is 386 g/mol. The van der Waals surface area contributed by atoms with Gasteiger partial charge in [-0.2, -0.15) is 0 Å². The van der Waals surface area contributed by atoms with E-state index < -0.39 is 0 Å². The van der Waals surface area contributed by atoms with E-state index in [1.165, 1.54) is 5.56 Å². The smallest absolute Gasteiger partial charge is 0.234 e. The van der Waals surface area contributed by atoms with E-state index in [1.54, 1.807) is 0 Å². The summed E-state index contributed by atoms with van der Waals surface area (Å²) in [6.07, 6.45) is 3.86. The zero-order valence-corrected chi connectivity index (χ0v) is 18.3. The fourth-order valence-corrected chi connectivity index (χ4v) is 4.29. The van der Waals surface area contributed by atoms with Crippen molar-refractivity contribution >= 4 is 5.91 Å². The van der Waals surface area contributed by atoms with Crippen LogP contribution in [0.15, 0.2) is 73.1 Å². The number of aromatic nitrogens is 2. The molecule has 3 aromatic rings. The number of benzene rings is 2. The van der Waals surface area contributed by atoms with E-state index in [9.17, 15) is 4.79 Å². The van der Waals surface area contributed by atoms with Crippen LogP contribution in [0.4, 0.5) is 0 Å². The predicted molar refractivity (Wildman–Crippen MR) is 123 cm³/mol. The lowest BCUT2D eigenvalue weighted by atomic mass is 10.0. The Kier molecular flexibility index (Phi) is 6.79. The van der Waals surface area contributed by atoms with Gasteiger partial charge in [0.2, 0.25) is 5.91 Å². The van der Waals surface area contributed by atoms with E-state index in [-0.39, 0.29) is 18.0 Å². The molecule has 0 bridgehead atoms. The van der Waals surface area contributed by atoms with Crippen LogP contribution in [-0.2, 0) is 11.8 Å². The Morgan fingerprint density at radius 1 is 0.968 bits per heavy atom. The Morgan fingerprint density at radius 3 is 2.16 bits per heavy atom. The van der Waals surface area contributed by atoms with Gasteiger partial charge in [0, 0.05) is 45.6 Å². The number of hydrogen-bond donors (Lipinski definition) is 1. The highest BCUT2D eigenvalue weighted by Crippen LogP contribution is 2.28. The first-order chi connectivity index (χ1) is 15.1. The molecule has 4 rings (SSSR count). The fourth-order valence-electron chi connectivity index (χ4n) is 4.29. The molecule has 1 aliphatic heterocycles. The van der Waals surface area contributed by atoms with Gasteiger partial charge >= 0.3 is 0 Å². The van der Waals surface area contributed by atoms with Crippen molar-refractivity contribution in [3.05, 3.63) is 90.0 Å². The molecule has 1 fully saturated rings. The number of nitrogens with one attached hydrogen (secondary N) is 1. The molecule has 1 aromatic heterocycles. The lowest BCUT2D eigenvalue weighted by Gasteiger charge is -2.39. The van der Waals surface area contributed by atoms with Crippen LogP contribution in [-0.4, -0.2) is 58.0 Å². The third-order valence-corrected chi connectivity index (χ3v) is 6.03. The molecule has 0 radical (unpaired) electrons. The van der Waals surface area contributed by atoms with E-state index >= 15 is 0 Å². The molecular formula is C25H31N5O. The number of imidazole rings is 1. The zero-order chi connectivity index (χ0) is 21.6. The van der Waals surface area contributed by atoms with E-state index in [4.69, 9.17) is 0 Å². The lowest BCUT2D eigenvalue weighted by molar-refractivity contribution is -0.123. The SMILES string of the molecule is C[C@H](NC(=O)CN1CCN([C@@H](c2ccccc2)c2nccn2C)CC1)c1ccccc1. The number of hydrogen-bond acceptors (Lipinski definition) is 4. The van der Waals surface area contributed by atoms with Gasteiger partial charge in [-0.25, -0.2) is 4.98 Å². The van der Waals surface area contributed by atoms with Gasteiger partial charge in [-0.05, 0) is 18.1 Å². The third kappa shape index (κ3) is 5.21. The Morgan fingerprint density at radius 2 is 1.58 bits per heavy atom. The highest BCUT2D eigenvalue weighted by Gasteiger charge is 2.29. The summed E-state index contributed by atoms with van der Waals surface area (Å²) >= 11 is 0. The monoisotopic (exact) mass is 417 g/mol. The molecule has 1 aliphatic rings. The molecule has 2 heterocycles. The topological polar surface area (TPSA) is 53.4 Å². The minimum Gasteiger partial charge on any atom is -0.348 e. The average molecular weight is 418 g/mol. The first-order valence-corrected chi connectivity index (χ1v) is 10.9. The third-order valence-electron chi connectivity index (χ3n) is 6.03. The maximum absolute atomic E-state index is 12.6. The van der Waals surface area contributed by atoms with Crippen molar-refractivity contribution in [1.29, 1.82) is 0 Å². The summed E-state index contributed by atoms with van der Waals surface area (Å²) in [6, 6.07) is 20.8. The molecule has 2 atom stereocenters. The van der Waals surface area contributed by atoms with Crippen LogP contribution in [0.1, 0.15) is 36.0 Å². The summed E-state index contributed by atoms with van der Waals surface area (Å²) < 4.78 is 2.10. The second kappa shape index (κ2) is 9.90. The van der Waals surface area contributed by atoms with E-state index in [0.717, 1.165) is 37.6 Å². The molecule has 0 saturated carbocycles. The molecule has 6 nitrogen and oxygen atoms in total. The number of nitrogens with zero attached hydrogens (tertiary/aromatic N) is 4. The molecule has 1 amide bonds. The summed E-state index contributed by atoms with van der Waals surface area (Å²) in [5.74, 6) is 1.13. The number of carbonyl (C=O) groups excluding carboxylic acids is 1. The van der Waals surface area contributed by atoms with E-state index in [2.05, 4.69) is 48.9 Å². The molecule has 162 valence electrons. The molecule has 6 heteroatoms. The van der Waals surface area contributed by atoms with Crippen LogP contribution in [0.5, 0.6) is 0 Å². The average Bonchev–Trinajstić information content (AvgIpc) is 3.22. The molecule has 0 aliphatic carbocycles. The summed E-state index contributed by atoms with van der Waals surface area (Å²) in [5, 5.41) is 3.13. The quantitative estimate of drug-likeness (QED) is 0.642. The summed E-state index contributed by atoms with van der Waals surface area (Å²) in [6.45, 7) is 5.98. The largest absolute Gasteiger partial charge is 0.348 e.